The zero-order valence-corrected chi connectivity index (χ0v) is 23.0. The van der Waals surface area contributed by atoms with Crippen LogP contribution in [0, 0.1) is 16.7 Å². The van der Waals surface area contributed by atoms with Crippen molar-refractivity contribution >= 4 is 22.8 Å². The number of fused-ring (bicyclic) bond motifs is 1. The third-order valence-electron chi connectivity index (χ3n) is 8.27. The van der Waals surface area contributed by atoms with Crippen molar-refractivity contribution in [1.82, 2.24) is 19.0 Å². The predicted octanol–water partition coefficient (Wildman–Crippen LogP) is 5.37. The summed E-state index contributed by atoms with van der Waals surface area (Å²) in [6, 6.07) is 20.4. The van der Waals surface area contributed by atoms with Crippen LogP contribution in [0.4, 0.5) is 5.82 Å². The molecule has 1 aliphatic carbocycles. The summed E-state index contributed by atoms with van der Waals surface area (Å²) in [4.78, 5) is 33.5. The zero-order chi connectivity index (χ0) is 28.6. The van der Waals surface area contributed by atoms with Gasteiger partial charge in [-0.3, -0.25) is 13.9 Å². The van der Waals surface area contributed by atoms with E-state index >= 15 is 0 Å². The molecular weight excluding hydrogens is 516 g/mol. The Bertz CT molecular complexity index is 1730. The second-order valence-corrected chi connectivity index (χ2v) is 11.2. The van der Waals surface area contributed by atoms with Gasteiger partial charge in [0.2, 0.25) is 0 Å². The van der Waals surface area contributed by atoms with Crippen molar-refractivity contribution in [2.24, 2.45) is 5.41 Å². The van der Waals surface area contributed by atoms with Crippen molar-refractivity contribution in [2.75, 3.05) is 18.8 Å². The molecule has 2 aliphatic rings. The zero-order valence-electron chi connectivity index (χ0n) is 23.0. The lowest BCUT2D eigenvalue weighted by molar-refractivity contribution is -0.128. The fraction of sp³-hybridized carbons (Fsp3) is 0.312. The van der Waals surface area contributed by atoms with E-state index in [1.54, 1.807) is 26.3 Å². The van der Waals surface area contributed by atoms with Crippen molar-refractivity contribution in [2.45, 2.75) is 45.1 Å². The summed E-state index contributed by atoms with van der Waals surface area (Å²) < 4.78 is 9.22. The Morgan fingerprint density at radius 3 is 2.51 bits per heavy atom. The van der Waals surface area contributed by atoms with Gasteiger partial charge in [0.05, 0.1) is 17.2 Å². The number of amides is 1. The maximum atomic E-state index is 14.1. The second-order valence-electron chi connectivity index (χ2n) is 11.2. The fourth-order valence-corrected chi connectivity index (χ4v) is 5.96. The van der Waals surface area contributed by atoms with Gasteiger partial charge < -0.3 is 15.4 Å². The average Bonchev–Trinajstić information content (AvgIpc) is 3.28. The summed E-state index contributed by atoms with van der Waals surface area (Å²) >= 11 is 0. The molecule has 0 radical (unpaired) electrons. The maximum Gasteiger partial charge on any atom is 0.334 e. The van der Waals surface area contributed by atoms with Crippen LogP contribution in [0.25, 0.3) is 16.7 Å². The van der Waals surface area contributed by atoms with E-state index in [9.17, 15) is 14.9 Å². The fourth-order valence-electron chi connectivity index (χ4n) is 5.96. The van der Waals surface area contributed by atoms with Crippen LogP contribution in [0.15, 0.2) is 83.3 Å². The van der Waals surface area contributed by atoms with E-state index in [1.165, 1.54) is 0 Å². The number of nitriles is 1. The number of rotatable bonds is 6. The van der Waals surface area contributed by atoms with Crippen LogP contribution in [0.1, 0.15) is 45.1 Å². The summed E-state index contributed by atoms with van der Waals surface area (Å²) in [7, 11) is 0. The first-order valence-electron chi connectivity index (χ1n) is 14.0. The number of ether oxygens (including phenoxy) is 1. The van der Waals surface area contributed by atoms with Gasteiger partial charge in [-0.05, 0) is 73.6 Å². The molecule has 2 N–H and O–H groups in total. The van der Waals surface area contributed by atoms with Crippen LogP contribution in [-0.4, -0.2) is 38.0 Å². The number of carbonyl (C=O) groups excluding carboxylic acids is 1. The summed E-state index contributed by atoms with van der Waals surface area (Å²) in [5.74, 6) is 1.34. The van der Waals surface area contributed by atoms with Crippen LogP contribution in [0.2, 0.25) is 0 Å². The first kappa shape index (κ1) is 26.4. The molecule has 41 heavy (non-hydrogen) atoms. The van der Waals surface area contributed by atoms with Crippen LogP contribution >= 0.6 is 0 Å². The Kier molecular flexibility index (Phi) is 6.83. The molecule has 208 valence electrons. The number of carbonyl (C=O) groups is 1. The molecule has 0 unspecified atom stereocenters. The number of allylic oxidation sites excluding steroid dienone is 1. The highest BCUT2D eigenvalue weighted by molar-refractivity contribution is 5.97. The number of hydrogen-bond acceptors (Lipinski definition) is 6. The van der Waals surface area contributed by atoms with Crippen LogP contribution < -0.4 is 16.2 Å². The quantitative estimate of drug-likeness (QED) is 0.256. The number of benzene rings is 2. The van der Waals surface area contributed by atoms with Gasteiger partial charge in [0.1, 0.15) is 34.5 Å². The van der Waals surface area contributed by atoms with Crippen molar-refractivity contribution in [3.8, 4) is 23.3 Å². The number of anilines is 1. The Morgan fingerprint density at radius 1 is 1.10 bits per heavy atom. The number of piperidine rings is 1. The minimum absolute atomic E-state index is 0.0908. The number of pyridine rings is 1. The highest BCUT2D eigenvalue weighted by Crippen LogP contribution is 2.42. The van der Waals surface area contributed by atoms with Crippen LogP contribution in [0.3, 0.4) is 0 Å². The van der Waals surface area contributed by atoms with E-state index in [0.29, 0.717) is 35.6 Å². The lowest BCUT2D eigenvalue weighted by atomic mass is 9.69. The molecule has 9 nitrogen and oxygen atoms in total. The number of hydrogen-bond donors (Lipinski definition) is 1. The van der Waals surface area contributed by atoms with Gasteiger partial charge in [0, 0.05) is 19.3 Å². The third-order valence-corrected chi connectivity index (χ3v) is 8.27. The molecule has 4 aromatic rings. The van der Waals surface area contributed by atoms with Crippen molar-refractivity contribution < 1.29 is 9.53 Å². The van der Waals surface area contributed by atoms with Gasteiger partial charge in [-0.1, -0.05) is 37.6 Å². The minimum atomic E-state index is -0.273. The molecule has 1 aliphatic heterocycles. The van der Waals surface area contributed by atoms with Gasteiger partial charge in [-0.25, -0.2) is 9.78 Å². The highest BCUT2D eigenvalue weighted by Gasteiger charge is 2.34. The SMILES string of the molecule is CC1(/C=C(/C#N)C(=O)N2CCC[C@@H](n3c(=O)n(-c4ccc(Oc5ccccc5)cc4)c4c(N)nccc43)C2)CCC1. The minimum Gasteiger partial charge on any atom is -0.457 e. The molecule has 2 aromatic carbocycles. The smallest absolute Gasteiger partial charge is 0.334 e. The van der Waals surface area contributed by atoms with Crippen molar-refractivity contribution in [3.05, 3.63) is 89.0 Å². The lowest BCUT2D eigenvalue weighted by Crippen LogP contribution is -2.43. The standard InChI is InChI=1S/C32H32N6O3/c1-32(15-6-16-32)19-22(20-33)30(39)36-18-5-7-24(21-36)37-27-14-17-35-29(34)28(27)38(31(37)40)23-10-12-26(13-11-23)41-25-8-3-2-4-9-25/h2-4,8-14,17,19,24H,5-7,15-16,18,21H2,1H3,(H2,34,35)/b22-19-/t24-/m1/s1. The van der Waals surface area contributed by atoms with E-state index in [0.717, 1.165) is 37.9 Å². The van der Waals surface area contributed by atoms with Crippen LogP contribution in [0.5, 0.6) is 11.5 Å². The van der Waals surface area contributed by atoms with E-state index in [2.05, 4.69) is 18.0 Å². The molecule has 0 spiro atoms. The normalized spacial score (nSPS) is 18.5. The van der Waals surface area contributed by atoms with E-state index in [-0.39, 0.29) is 34.4 Å². The average molecular weight is 549 g/mol. The number of para-hydroxylation sites is 1. The molecule has 0 bridgehead atoms. The van der Waals surface area contributed by atoms with E-state index in [1.807, 2.05) is 60.7 Å². The number of nitrogen functional groups attached to an aromatic ring is 1. The molecule has 9 heteroatoms. The Labute approximate surface area is 238 Å². The monoisotopic (exact) mass is 548 g/mol. The van der Waals surface area contributed by atoms with Gasteiger partial charge >= 0.3 is 5.69 Å². The highest BCUT2D eigenvalue weighted by atomic mass is 16.5. The Hall–Kier alpha value is -4.84. The van der Waals surface area contributed by atoms with Gasteiger partial charge in [-0.2, -0.15) is 5.26 Å². The molecule has 1 saturated heterocycles. The summed E-state index contributed by atoms with van der Waals surface area (Å²) in [5.41, 5.74) is 7.98. The first-order chi connectivity index (χ1) is 19.9. The topological polar surface area (TPSA) is 119 Å². The molecule has 2 aromatic heterocycles. The summed E-state index contributed by atoms with van der Waals surface area (Å²) in [5, 5.41) is 9.79. The lowest BCUT2D eigenvalue weighted by Gasteiger charge is -2.37. The van der Waals surface area contributed by atoms with Crippen molar-refractivity contribution in [3.63, 3.8) is 0 Å². The Morgan fingerprint density at radius 2 is 1.83 bits per heavy atom. The summed E-state index contributed by atoms with van der Waals surface area (Å²) in [6.45, 7) is 2.97. The second kappa shape index (κ2) is 10.6. The van der Waals surface area contributed by atoms with Gasteiger partial charge in [0.15, 0.2) is 0 Å². The number of likely N-dealkylation sites (tertiary alicyclic amines) is 1. The largest absolute Gasteiger partial charge is 0.457 e. The van der Waals surface area contributed by atoms with E-state index in [4.69, 9.17) is 10.5 Å². The molecule has 1 saturated carbocycles. The van der Waals surface area contributed by atoms with Gasteiger partial charge in [-0.15, -0.1) is 0 Å². The molecule has 1 atom stereocenters. The van der Waals surface area contributed by atoms with E-state index < -0.39 is 0 Å². The third kappa shape index (κ3) is 4.97. The first-order valence-corrected chi connectivity index (χ1v) is 14.0. The maximum absolute atomic E-state index is 14.1. The van der Waals surface area contributed by atoms with Crippen LogP contribution in [-0.2, 0) is 4.79 Å². The predicted molar refractivity (Wildman–Crippen MR) is 157 cm³/mol. The molecular formula is C32H32N6O3. The molecule has 3 heterocycles. The van der Waals surface area contributed by atoms with Gasteiger partial charge in [0.25, 0.3) is 5.91 Å². The molecule has 2 fully saturated rings. The Balaban J connectivity index is 1.33. The number of nitrogens with zero attached hydrogens (tertiary/aromatic N) is 5. The summed E-state index contributed by atoms with van der Waals surface area (Å²) in [6.07, 6.45) is 7.96. The molecule has 1 amide bonds. The molecule has 6 rings (SSSR count). The number of imidazole rings is 1. The number of aromatic nitrogens is 3. The van der Waals surface area contributed by atoms with Crippen molar-refractivity contribution in [1.29, 1.82) is 5.26 Å². The number of nitrogens with two attached hydrogens (primary N) is 1.